The van der Waals surface area contributed by atoms with Crippen LogP contribution >= 0.6 is 0 Å². The maximum Gasteiger partial charge on any atom is 0.143 e. The van der Waals surface area contributed by atoms with Crippen molar-refractivity contribution < 1.29 is 4.74 Å². The van der Waals surface area contributed by atoms with E-state index >= 15 is 0 Å². The van der Waals surface area contributed by atoms with Gasteiger partial charge in [-0.1, -0.05) is 32.8 Å². The van der Waals surface area contributed by atoms with Gasteiger partial charge < -0.3 is 15.4 Å². The average molecular weight is 250 g/mol. The second-order valence-corrected chi connectivity index (χ2v) is 4.59. The zero-order valence-corrected chi connectivity index (χ0v) is 11.9. The van der Waals surface area contributed by atoms with Gasteiger partial charge in [-0.3, -0.25) is 0 Å². The number of para-hydroxylation sites is 1. The van der Waals surface area contributed by atoms with E-state index in [1.165, 1.54) is 25.7 Å². The number of hydrogen-bond donors (Lipinski definition) is 1. The zero-order valence-electron chi connectivity index (χ0n) is 11.9. The molecule has 0 spiro atoms. The van der Waals surface area contributed by atoms with E-state index in [-0.39, 0.29) is 0 Å². The van der Waals surface area contributed by atoms with Crippen molar-refractivity contribution in [2.24, 2.45) is 0 Å². The third-order valence-electron chi connectivity index (χ3n) is 3.17. The number of methoxy groups -OCH3 is 1. The molecule has 1 aromatic rings. The summed E-state index contributed by atoms with van der Waals surface area (Å²) in [6, 6.07) is 6.01. The summed E-state index contributed by atoms with van der Waals surface area (Å²) >= 11 is 0. The molecule has 0 aliphatic carbocycles. The van der Waals surface area contributed by atoms with E-state index in [0.717, 1.165) is 30.2 Å². The van der Waals surface area contributed by atoms with Gasteiger partial charge in [-0.25, -0.2) is 0 Å². The smallest absolute Gasteiger partial charge is 0.143 e. The highest BCUT2D eigenvalue weighted by atomic mass is 16.5. The fraction of sp³-hybridized carbons (Fsp3) is 0.600. The minimum Gasteiger partial charge on any atom is -0.495 e. The van der Waals surface area contributed by atoms with Crippen LogP contribution in [0.1, 0.15) is 39.5 Å². The zero-order chi connectivity index (χ0) is 13.4. The topological polar surface area (TPSA) is 38.5 Å². The summed E-state index contributed by atoms with van der Waals surface area (Å²) in [5, 5.41) is 0. The van der Waals surface area contributed by atoms with Gasteiger partial charge in [0.25, 0.3) is 0 Å². The first kappa shape index (κ1) is 14.7. The molecule has 0 aliphatic rings. The summed E-state index contributed by atoms with van der Waals surface area (Å²) in [5.41, 5.74) is 8.04. The van der Waals surface area contributed by atoms with Crippen molar-refractivity contribution in [2.45, 2.75) is 39.5 Å². The number of ether oxygens (including phenoxy) is 1. The summed E-state index contributed by atoms with van der Waals surface area (Å²) in [6.45, 7) is 6.56. The Hall–Kier alpha value is -1.38. The predicted molar refractivity (Wildman–Crippen MR) is 79.4 cm³/mol. The molecule has 1 rings (SSSR count). The molecule has 0 radical (unpaired) electrons. The Kier molecular flexibility index (Phi) is 6.40. The number of rotatable bonds is 8. The van der Waals surface area contributed by atoms with Gasteiger partial charge in [-0.05, 0) is 25.0 Å². The number of nitrogens with two attached hydrogens (primary N) is 1. The lowest BCUT2D eigenvalue weighted by Gasteiger charge is -2.26. The van der Waals surface area contributed by atoms with Gasteiger partial charge in [-0.2, -0.15) is 0 Å². The van der Waals surface area contributed by atoms with Gasteiger partial charge in [0, 0.05) is 13.1 Å². The van der Waals surface area contributed by atoms with E-state index in [9.17, 15) is 0 Å². The maximum atomic E-state index is 6.17. The van der Waals surface area contributed by atoms with Crippen LogP contribution < -0.4 is 15.4 Å². The lowest BCUT2D eigenvalue weighted by molar-refractivity contribution is 0.417. The van der Waals surface area contributed by atoms with Crippen LogP contribution in [-0.2, 0) is 0 Å². The van der Waals surface area contributed by atoms with Crippen molar-refractivity contribution in [2.75, 3.05) is 30.8 Å². The Labute approximate surface area is 111 Å². The standard InChI is InChI=1S/C15H26N2O/c1-4-6-11-17(12-7-5-2)13-9-8-10-14(18-3)15(13)16/h8-10H,4-7,11-12,16H2,1-3H3. The molecule has 0 unspecified atom stereocenters. The van der Waals surface area contributed by atoms with E-state index in [2.05, 4.69) is 24.8 Å². The van der Waals surface area contributed by atoms with Gasteiger partial charge in [0.1, 0.15) is 5.75 Å². The molecule has 0 heterocycles. The molecule has 0 aromatic heterocycles. The molecule has 0 atom stereocenters. The minimum atomic E-state index is 0.757. The van der Waals surface area contributed by atoms with Crippen molar-refractivity contribution in [1.82, 2.24) is 0 Å². The second kappa shape index (κ2) is 7.85. The van der Waals surface area contributed by atoms with Gasteiger partial charge >= 0.3 is 0 Å². The van der Waals surface area contributed by atoms with E-state index in [0.29, 0.717) is 0 Å². The summed E-state index contributed by atoms with van der Waals surface area (Å²) < 4.78 is 5.29. The van der Waals surface area contributed by atoms with E-state index < -0.39 is 0 Å². The average Bonchev–Trinajstić information content (AvgIpc) is 2.40. The predicted octanol–water partition coefficient (Wildman–Crippen LogP) is 3.68. The van der Waals surface area contributed by atoms with Gasteiger partial charge in [-0.15, -0.1) is 0 Å². The molecule has 102 valence electrons. The monoisotopic (exact) mass is 250 g/mol. The highest BCUT2D eigenvalue weighted by Gasteiger charge is 2.11. The third-order valence-corrected chi connectivity index (χ3v) is 3.17. The molecular formula is C15H26N2O. The van der Waals surface area contributed by atoms with Crippen molar-refractivity contribution in [3.63, 3.8) is 0 Å². The summed E-state index contributed by atoms with van der Waals surface area (Å²) in [5.74, 6) is 0.769. The molecule has 0 bridgehead atoms. The van der Waals surface area contributed by atoms with Crippen molar-refractivity contribution >= 4 is 11.4 Å². The molecular weight excluding hydrogens is 224 g/mol. The van der Waals surface area contributed by atoms with Crippen LogP contribution in [0.5, 0.6) is 5.75 Å². The Balaban J connectivity index is 2.88. The van der Waals surface area contributed by atoms with Crippen LogP contribution in [0.2, 0.25) is 0 Å². The second-order valence-electron chi connectivity index (χ2n) is 4.59. The molecule has 2 N–H and O–H groups in total. The molecule has 3 heteroatoms. The number of anilines is 2. The quantitative estimate of drug-likeness (QED) is 0.715. The number of nitrogens with zero attached hydrogens (tertiary/aromatic N) is 1. The van der Waals surface area contributed by atoms with E-state index in [1.807, 2.05) is 12.1 Å². The van der Waals surface area contributed by atoms with Crippen molar-refractivity contribution in [1.29, 1.82) is 0 Å². The lowest BCUT2D eigenvalue weighted by atomic mass is 10.2. The number of benzene rings is 1. The number of unbranched alkanes of at least 4 members (excludes halogenated alkanes) is 2. The molecule has 0 fully saturated rings. The highest BCUT2D eigenvalue weighted by molar-refractivity contribution is 5.74. The fourth-order valence-corrected chi connectivity index (χ4v) is 2.04. The molecule has 3 nitrogen and oxygen atoms in total. The third kappa shape index (κ3) is 3.83. The summed E-state index contributed by atoms with van der Waals surface area (Å²) in [4.78, 5) is 2.38. The Bertz CT molecular complexity index is 344. The van der Waals surface area contributed by atoms with Crippen molar-refractivity contribution in [3.05, 3.63) is 18.2 Å². The molecule has 0 saturated heterocycles. The van der Waals surface area contributed by atoms with E-state index in [1.54, 1.807) is 7.11 Å². The minimum absolute atomic E-state index is 0.757. The molecule has 18 heavy (non-hydrogen) atoms. The van der Waals surface area contributed by atoms with Crippen LogP contribution in [0.25, 0.3) is 0 Å². The first-order chi connectivity index (χ1) is 8.74. The van der Waals surface area contributed by atoms with Crippen LogP contribution in [-0.4, -0.2) is 20.2 Å². The van der Waals surface area contributed by atoms with Gasteiger partial charge in [0.05, 0.1) is 18.5 Å². The molecule has 0 aliphatic heterocycles. The SMILES string of the molecule is CCCCN(CCCC)c1cccc(OC)c1N. The highest BCUT2D eigenvalue weighted by Crippen LogP contribution is 2.32. The maximum absolute atomic E-state index is 6.17. The molecule has 0 amide bonds. The van der Waals surface area contributed by atoms with Crippen molar-refractivity contribution in [3.8, 4) is 5.75 Å². The Morgan fingerprint density at radius 1 is 1.11 bits per heavy atom. The summed E-state index contributed by atoms with van der Waals surface area (Å²) in [7, 11) is 1.66. The molecule has 1 aromatic carbocycles. The van der Waals surface area contributed by atoms with Crippen LogP contribution in [0.15, 0.2) is 18.2 Å². The summed E-state index contributed by atoms with van der Waals surface area (Å²) in [6.07, 6.45) is 4.79. The first-order valence-electron chi connectivity index (χ1n) is 6.92. The molecule has 0 saturated carbocycles. The largest absolute Gasteiger partial charge is 0.495 e. The Morgan fingerprint density at radius 3 is 2.22 bits per heavy atom. The van der Waals surface area contributed by atoms with Crippen LogP contribution in [0.3, 0.4) is 0 Å². The fourth-order valence-electron chi connectivity index (χ4n) is 2.04. The number of nitrogen functional groups attached to an aromatic ring is 1. The van der Waals surface area contributed by atoms with Crippen LogP contribution in [0, 0.1) is 0 Å². The Morgan fingerprint density at radius 2 is 1.72 bits per heavy atom. The normalized spacial score (nSPS) is 10.4. The van der Waals surface area contributed by atoms with Gasteiger partial charge in [0.2, 0.25) is 0 Å². The van der Waals surface area contributed by atoms with E-state index in [4.69, 9.17) is 10.5 Å². The lowest BCUT2D eigenvalue weighted by Crippen LogP contribution is -2.26. The van der Waals surface area contributed by atoms with Crippen LogP contribution in [0.4, 0.5) is 11.4 Å². The first-order valence-corrected chi connectivity index (χ1v) is 6.92. The number of hydrogen-bond acceptors (Lipinski definition) is 3. The van der Waals surface area contributed by atoms with Gasteiger partial charge in [0.15, 0.2) is 0 Å².